The maximum Gasteiger partial charge on any atom is 0.338 e. The van der Waals surface area contributed by atoms with Crippen LogP contribution >= 0.6 is 0 Å². The Morgan fingerprint density at radius 1 is 0.694 bits per heavy atom. The summed E-state index contributed by atoms with van der Waals surface area (Å²) in [6.07, 6.45) is 0. The topological polar surface area (TPSA) is 119 Å². The van der Waals surface area contributed by atoms with Gasteiger partial charge in [-0.15, -0.1) is 0 Å². The van der Waals surface area contributed by atoms with E-state index in [9.17, 15) is 20.1 Å². The van der Waals surface area contributed by atoms with Gasteiger partial charge < -0.3 is 18.9 Å². The minimum atomic E-state index is -1.56. The van der Waals surface area contributed by atoms with E-state index in [4.69, 9.17) is 18.9 Å². The summed E-state index contributed by atoms with van der Waals surface area (Å²) in [6.45, 7) is 3.64. The Bertz CT molecular complexity index is 1270. The minimum Gasteiger partial charge on any atom is -0.462 e. The first-order valence-corrected chi connectivity index (χ1v) is 10.6. The van der Waals surface area contributed by atoms with Gasteiger partial charge in [0.05, 0.1) is 24.3 Å². The fourth-order valence-corrected chi connectivity index (χ4v) is 3.03. The lowest BCUT2D eigenvalue weighted by atomic mass is 10.1. The molecule has 0 aliphatic heterocycles. The van der Waals surface area contributed by atoms with Crippen LogP contribution in [0.4, 0.5) is 8.78 Å². The molecular weight excluding hydrogens is 474 g/mol. The van der Waals surface area contributed by atoms with E-state index in [-0.39, 0.29) is 35.8 Å². The lowest BCUT2D eigenvalue weighted by Gasteiger charge is -2.15. The summed E-state index contributed by atoms with van der Waals surface area (Å²) in [4.78, 5) is 23.6. The molecule has 0 aliphatic rings. The van der Waals surface area contributed by atoms with E-state index in [2.05, 4.69) is 0 Å². The van der Waals surface area contributed by atoms with Gasteiger partial charge in [-0.05, 0) is 62.4 Å². The van der Waals surface area contributed by atoms with Gasteiger partial charge in [-0.25, -0.2) is 9.59 Å². The second-order valence-corrected chi connectivity index (χ2v) is 6.95. The van der Waals surface area contributed by atoms with Crippen LogP contribution in [0.15, 0.2) is 48.5 Å². The second kappa shape index (κ2) is 11.4. The number of hydrogen-bond acceptors (Lipinski definition) is 8. The number of ether oxygens (including phenoxy) is 4. The zero-order valence-corrected chi connectivity index (χ0v) is 19.1. The van der Waals surface area contributed by atoms with Crippen LogP contribution in [-0.4, -0.2) is 25.2 Å². The average Bonchev–Trinajstić information content (AvgIpc) is 2.89. The van der Waals surface area contributed by atoms with Gasteiger partial charge in [0.1, 0.15) is 34.8 Å². The predicted octanol–water partition coefficient (Wildman–Crippen LogP) is 5.65. The molecule has 0 saturated heterocycles. The minimum absolute atomic E-state index is 0.0232. The molecule has 0 spiro atoms. The Labute approximate surface area is 204 Å². The third-order valence-electron chi connectivity index (χ3n) is 4.69. The molecule has 0 atom stereocenters. The fourth-order valence-electron chi connectivity index (χ4n) is 3.03. The molecule has 8 nitrogen and oxygen atoms in total. The summed E-state index contributed by atoms with van der Waals surface area (Å²) in [5.41, 5.74) is -0.786. The van der Waals surface area contributed by atoms with Gasteiger partial charge in [-0.3, -0.25) is 0 Å². The van der Waals surface area contributed by atoms with Crippen molar-refractivity contribution >= 4 is 11.9 Å². The maximum atomic E-state index is 15.0. The van der Waals surface area contributed by atoms with Crippen molar-refractivity contribution < 1.29 is 37.3 Å². The highest BCUT2D eigenvalue weighted by atomic mass is 19.2. The van der Waals surface area contributed by atoms with Crippen LogP contribution in [0.25, 0.3) is 0 Å². The first kappa shape index (κ1) is 25.7. The second-order valence-electron chi connectivity index (χ2n) is 6.95. The Kier molecular flexibility index (Phi) is 8.16. The van der Waals surface area contributed by atoms with Gasteiger partial charge in [0.15, 0.2) is 11.5 Å². The van der Waals surface area contributed by atoms with Crippen LogP contribution in [0.5, 0.6) is 23.0 Å². The molecule has 0 fully saturated rings. The van der Waals surface area contributed by atoms with Gasteiger partial charge in [-0.2, -0.15) is 19.3 Å². The van der Waals surface area contributed by atoms with Crippen molar-refractivity contribution in [3.63, 3.8) is 0 Å². The lowest BCUT2D eigenvalue weighted by molar-refractivity contribution is 0.0516. The van der Waals surface area contributed by atoms with Gasteiger partial charge >= 0.3 is 11.9 Å². The third-order valence-corrected chi connectivity index (χ3v) is 4.69. The van der Waals surface area contributed by atoms with Crippen molar-refractivity contribution in [2.75, 3.05) is 13.2 Å². The first-order valence-electron chi connectivity index (χ1n) is 10.6. The zero-order valence-electron chi connectivity index (χ0n) is 19.1. The number of nitriles is 2. The van der Waals surface area contributed by atoms with Crippen molar-refractivity contribution in [2.45, 2.75) is 13.8 Å². The molecule has 3 rings (SSSR count). The van der Waals surface area contributed by atoms with Crippen molar-refractivity contribution in [1.82, 2.24) is 0 Å². The highest BCUT2D eigenvalue weighted by molar-refractivity contribution is 5.90. The normalized spacial score (nSPS) is 10.1. The van der Waals surface area contributed by atoms with E-state index in [0.29, 0.717) is 0 Å². The van der Waals surface area contributed by atoms with Crippen LogP contribution in [0.3, 0.4) is 0 Å². The first-order chi connectivity index (χ1) is 17.3. The third kappa shape index (κ3) is 5.40. The smallest absolute Gasteiger partial charge is 0.338 e. The largest absolute Gasteiger partial charge is 0.462 e. The average molecular weight is 492 g/mol. The molecule has 0 bridgehead atoms. The van der Waals surface area contributed by atoms with Gasteiger partial charge in [0.25, 0.3) is 0 Å². The summed E-state index contributed by atoms with van der Waals surface area (Å²) in [5, 5.41) is 19.2. The highest BCUT2D eigenvalue weighted by Crippen LogP contribution is 2.40. The van der Waals surface area contributed by atoms with Gasteiger partial charge in [-0.1, -0.05) is 0 Å². The molecule has 182 valence electrons. The molecule has 0 aliphatic carbocycles. The van der Waals surface area contributed by atoms with Gasteiger partial charge in [0.2, 0.25) is 11.6 Å². The van der Waals surface area contributed by atoms with Crippen molar-refractivity contribution in [3.8, 4) is 35.1 Å². The Morgan fingerprint density at radius 2 is 1.03 bits per heavy atom. The standard InChI is InChI=1S/C26H18F2N2O6/c1-3-33-25(31)15-5-9-17(10-6-15)35-23-19(13-29)20(14-30)24(22(28)21(23)27)36-18-11-7-16(8-12-18)26(32)34-4-2/h5-12H,3-4H2,1-2H3. The number of benzene rings is 3. The van der Waals surface area contributed by atoms with Crippen LogP contribution < -0.4 is 9.47 Å². The van der Waals surface area contributed by atoms with Gasteiger partial charge in [0, 0.05) is 0 Å². The Morgan fingerprint density at radius 3 is 1.31 bits per heavy atom. The van der Waals surface area contributed by atoms with E-state index in [1.165, 1.54) is 48.5 Å². The molecule has 10 heteroatoms. The molecule has 0 radical (unpaired) electrons. The van der Waals surface area contributed by atoms with E-state index >= 15 is 8.78 Å². The number of rotatable bonds is 8. The summed E-state index contributed by atoms with van der Waals surface area (Å²) in [6, 6.07) is 13.9. The van der Waals surface area contributed by atoms with Crippen LogP contribution in [0, 0.1) is 34.3 Å². The van der Waals surface area contributed by atoms with E-state index < -0.39 is 46.2 Å². The van der Waals surface area contributed by atoms with E-state index in [1.807, 2.05) is 0 Å². The monoisotopic (exact) mass is 492 g/mol. The number of nitrogens with zero attached hydrogens (tertiary/aromatic N) is 2. The van der Waals surface area contributed by atoms with Crippen molar-refractivity contribution in [2.24, 2.45) is 0 Å². The van der Waals surface area contributed by atoms with Crippen LogP contribution in [0.1, 0.15) is 45.7 Å². The SMILES string of the molecule is CCOC(=O)c1ccc(Oc2c(F)c(F)c(Oc3ccc(C(=O)OCC)cc3)c(C#N)c2C#N)cc1. The highest BCUT2D eigenvalue weighted by Gasteiger charge is 2.28. The Balaban J connectivity index is 1.96. The number of halogens is 2. The molecule has 0 heterocycles. The lowest BCUT2D eigenvalue weighted by Crippen LogP contribution is -2.05. The molecular formula is C26H18F2N2O6. The molecule has 0 unspecified atom stereocenters. The van der Waals surface area contributed by atoms with Crippen LogP contribution in [0.2, 0.25) is 0 Å². The number of carbonyl (C=O) groups excluding carboxylic acids is 2. The summed E-state index contributed by atoms with van der Waals surface area (Å²) in [7, 11) is 0. The zero-order chi connectivity index (χ0) is 26.2. The number of esters is 2. The molecule has 3 aromatic carbocycles. The van der Waals surface area contributed by atoms with E-state index in [1.54, 1.807) is 26.0 Å². The predicted molar refractivity (Wildman–Crippen MR) is 121 cm³/mol. The van der Waals surface area contributed by atoms with Crippen LogP contribution in [-0.2, 0) is 9.47 Å². The summed E-state index contributed by atoms with van der Waals surface area (Å²) in [5.74, 6) is -5.96. The fraction of sp³-hybridized carbons (Fsp3) is 0.154. The summed E-state index contributed by atoms with van der Waals surface area (Å²) < 4.78 is 50.5. The quantitative estimate of drug-likeness (QED) is 0.370. The maximum absolute atomic E-state index is 15.0. The van der Waals surface area contributed by atoms with E-state index in [0.717, 1.165) is 0 Å². The molecule has 3 aromatic rings. The molecule has 0 saturated carbocycles. The Hall–Kier alpha value is -4.96. The summed E-state index contributed by atoms with van der Waals surface area (Å²) >= 11 is 0. The molecule has 0 N–H and O–H groups in total. The van der Waals surface area contributed by atoms with Crippen molar-refractivity contribution in [3.05, 3.63) is 82.4 Å². The number of hydrogen-bond donors (Lipinski definition) is 0. The van der Waals surface area contributed by atoms with Crippen molar-refractivity contribution in [1.29, 1.82) is 10.5 Å². The molecule has 36 heavy (non-hydrogen) atoms. The molecule has 0 aromatic heterocycles. The molecule has 0 amide bonds. The number of carbonyl (C=O) groups is 2.